The van der Waals surface area contributed by atoms with Crippen molar-refractivity contribution in [1.82, 2.24) is 4.90 Å². The molecule has 3 aromatic rings. The van der Waals surface area contributed by atoms with Gasteiger partial charge in [-0.05, 0) is 60.6 Å². The molecule has 1 aromatic heterocycles. The third kappa shape index (κ3) is 4.89. The van der Waals surface area contributed by atoms with Crippen molar-refractivity contribution in [3.63, 3.8) is 0 Å². The molecule has 0 radical (unpaired) electrons. The second kappa shape index (κ2) is 9.32. The highest BCUT2D eigenvalue weighted by Gasteiger charge is 2.36. The van der Waals surface area contributed by atoms with Gasteiger partial charge < -0.3 is 9.73 Å². The lowest BCUT2D eigenvalue weighted by Gasteiger charge is -2.12. The van der Waals surface area contributed by atoms with E-state index in [1.54, 1.807) is 25.1 Å². The number of anilines is 1. The van der Waals surface area contributed by atoms with Crippen LogP contribution in [0.15, 0.2) is 63.9 Å². The first kappa shape index (κ1) is 22.9. The van der Waals surface area contributed by atoms with Gasteiger partial charge in [-0.2, -0.15) is 0 Å². The van der Waals surface area contributed by atoms with Crippen molar-refractivity contribution in [3.8, 4) is 11.3 Å². The van der Waals surface area contributed by atoms with Gasteiger partial charge in [0.15, 0.2) is 0 Å². The molecule has 9 nitrogen and oxygen atoms in total. The second-order valence-corrected chi connectivity index (χ2v) is 8.27. The Morgan fingerprint density at radius 2 is 1.91 bits per heavy atom. The maximum Gasteiger partial charge on any atom is 0.294 e. The number of hydrogen-bond donors (Lipinski definition) is 1. The summed E-state index contributed by atoms with van der Waals surface area (Å²) in [6.07, 6.45) is 1.37. The zero-order valence-electron chi connectivity index (χ0n) is 17.6. The smallest absolute Gasteiger partial charge is 0.294 e. The number of carbonyl (C=O) groups excluding carboxylic acids is 3. The maximum absolute atomic E-state index is 13.0. The number of amides is 3. The van der Waals surface area contributed by atoms with Crippen LogP contribution in [0.1, 0.15) is 11.3 Å². The number of imide groups is 1. The summed E-state index contributed by atoms with van der Waals surface area (Å²) in [6, 6.07) is 12.6. The number of benzene rings is 2. The SMILES string of the molecule is Cc1ccc([N+](=O)[O-])cc1-c1ccc(/C=C2\SC(=O)N(CC(=O)Nc3ccc(F)cc3)C2=O)o1. The van der Waals surface area contributed by atoms with Gasteiger partial charge in [-0.15, -0.1) is 0 Å². The first-order valence-electron chi connectivity index (χ1n) is 9.87. The lowest BCUT2D eigenvalue weighted by atomic mass is 10.1. The molecule has 1 saturated heterocycles. The summed E-state index contributed by atoms with van der Waals surface area (Å²) in [5.74, 6) is -1.10. The summed E-state index contributed by atoms with van der Waals surface area (Å²) in [5, 5.41) is 12.9. The predicted molar refractivity (Wildman–Crippen MR) is 123 cm³/mol. The van der Waals surface area contributed by atoms with Crippen LogP contribution in [0, 0.1) is 22.9 Å². The van der Waals surface area contributed by atoms with Crippen LogP contribution in [0.5, 0.6) is 0 Å². The molecule has 1 N–H and O–H groups in total. The number of nitro groups is 1. The fourth-order valence-corrected chi connectivity index (χ4v) is 4.03. The van der Waals surface area contributed by atoms with Crippen LogP contribution < -0.4 is 5.32 Å². The fourth-order valence-electron chi connectivity index (χ4n) is 3.21. The quantitative estimate of drug-likeness (QED) is 0.299. The Morgan fingerprint density at radius 3 is 2.62 bits per heavy atom. The molecule has 0 bridgehead atoms. The Morgan fingerprint density at radius 1 is 1.18 bits per heavy atom. The zero-order chi connectivity index (χ0) is 24.4. The summed E-state index contributed by atoms with van der Waals surface area (Å²) >= 11 is 0.661. The molecular weight excluding hydrogens is 465 g/mol. The van der Waals surface area contributed by atoms with Crippen LogP contribution in [0.4, 0.5) is 20.6 Å². The third-order valence-electron chi connectivity index (χ3n) is 4.90. The van der Waals surface area contributed by atoms with Crippen LogP contribution in [0.2, 0.25) is 0 Å². The fraction of sp³-hybridized carbons (Fsp3) is 0.0870. The molecule has 2 aromatic carbocycles. The molecule has 1 fully saturated rings. The van der Waals surface area contributed by atoms with E-state index in [0.29, 0.717) is 28.8 Å². The monoisotopic (exact) mass is 481 g/mol. The van der Waals surface area contributed by atoms with E-state index in [4.69, 9.17) is 4.42 Å². The van der Waals surface area contributed by atoms with Gasteiger partial charge in [0.1, 0.15) is 23.9 Å². The lowest BCUT2D eigenvalue weighted by Crippen LogP contribution is -2.36. The highest BCUT2D eigenvalue weighted by molar-refractivity contribution is 8.18. The zero-order valence-corrected chi connectivity index (χ0v) is 18.4. The molecule has 172 valence electrons. The lowest BCUT2D eigenvalue weighted by molar-refractivity contribution is -0.384. The normalized spacial score (nSPS) is 14.6. The van der Waals surface area contributed by atoms with E-state index in [1.165, 1.54) is 42.5 Å². The summed E-state index contributed by atoms with van der Waals surface area (Å²) in [5.41, 5.74) is 1.53. The average Bonchev–Trinajstić information content (AvgIpc) is 3.35. The molecule has 0 unspecified atom stereocenters. The average molecular weight is 481 g/mol. The van der Waals surface area contributed by atoms with Gasteiger partial charge >= 0.3 is 0 Å². The number of carbonyl (C=O) groups is 3. The van der Waals surface area contributed by atoms with E-state index < -0.39 is 34.3 Å². The van der Waals surface area contributed by atoms with Crippen LogP contribution in [0.25, 0.3) is 17.4 Å². The highest BCUT2D eigenvalue weighted by atomic mass is 32.2. The number of thioether (sulfide) groups is 1. The largest absolute Gasteiger partial charge is 0.457 e. The number of nitrogens with zero attached hydrogens (tertiary/aromatic N) is 2. The van der Waals surface area contributed by atoms with Gasteiger partial charge in [0, 0.05) is 29.5 Å². The number of aryl methyl sites for hydroxylation is 1. The van der Waals surface area contributed by atoms with Crippen molar-refractivity contribution >= 4 is 46.3 Å². The number of hydrogen-bond acceptors (Lipinski definition) is 7. The number of nitrogens with one attached hydrogen (secondary N) is 1. The van der Waals surface area contributed by atoms with Crippen LogP contribution in [0.3, 0.4) is 0 Å². The van der Waals surface area contributed by atoms with Gasteiger partial charge in [0.25, 0.3) is 16.8 Å². The molecular formula is C23H16FN3O6S. The number of nitro benzene ring substituents is 1. The topological polar surface area (TPSA) is 123 Å². The Balaban J connectivity index is 1.48. The Bertz CT molecular complexity index is 1350. The van der Waals surface area contributed by atoms with Crippen molar-refractivity contribution in [2.75, 3.05) is 11.9 Å². The molecule has 2 heterocycles. The van der Waals surface area contributed by atoms with E-state index in [-0.39, 0.29) is 16.4 Å². The molecule has 0 atom stereocenters. The Kier molecular flexibility index (Phi) is 6.28. The summed E-state index contributed by atoms with van der Waals surface area (Å²) < 4.78 is 18.7. The highest BCUT2D eigenvalue weighted by Crippen LogP contribution is 2.34. The minimum absolute atomic E-state index is 0.0660. The molecule has 0 aliphatic carbocycles. The number of rotatable bonds is 6. The van der Waals surface area contributed by atoms with Crippen LogP contribution >= 0.6 is 11.8 Å². The summed E-state index contributed by atoms with van der Waals surface area (Å²) in [7, 11) is 0. The van der Waals surface area contributed by atoms with E-state index in [2.05, 4.69) is 5.32 Å². The van der Waals surface area contributed by atoms with E-state index in [0.717, 1.165) is 10.5 Å². The van der Waals surface area contributed by atoms with Crippen molar-refractivity contribution in [1.29, 1.82) is 0 Å². The molecule has 1 aliphatic heterocycles. The minimum Gasteiger partial charge on any atom is -0.457 e. The second-order valence-electron chi connectivity index (χ2n) is 7.28. The number of furan rings is 1. The molecule has 4 rings (SSSR count). The summed E-state index contributed by atoms with van der Waals surface area (Å²) in [6.45, 7) is 1.28. The van der Waals surface area contributed by atoms with Crippen LogP contribution in [-0.4, -0.2) is 33.4 Å². The van der Waals surface area contributed by atoms with Crippen molar-refractivity contribution in [2.45, 2.75) is 6.92 Å². The van der Waals surface area contributed by atoms with Crippen molar-refractivity contribution < 1.29 is 28.1 Å². The van der Waals surface area contributed by atoms with Crippen LogP contribution in [-0.2, 0) is 9.59 Å². The van der Waals surface area contributed by atoms with Gasteiger partial charge in [-0.3, -0.25) is 29.4 Å². The van der Waals surface area contributed by atoms with Crippen molar-refractivity contribution in [3.05, 3.63) is 86.8 Å². The molecule has 34 heavy (non-hydrogen) atoms. The molecule has 3 amide bonds. The van der Waals surface area contributed by atoms with Gasteiger partial charge in [-0.1, -0.05) is 6.07 Å². The first-order valence-corrected chi connectivity index (χ1v) is 10.7. The first-order chi connectivity index (χ1) is 16.2. The number of non-ortho nitro benzene ring substituents is 1. The minimum atomic E-state index is -0.659. The molecule has 0 saturated carbocycles. The van der Waals surface area contributed by atoms with Gasteiger partial charge in [0.2, 0.25) is 5.91 Å². The van der Waals surface area contributed by atoms with Crippen molar-refractivity contribution in [2.24, 2.45) is 0 Å². The Hall–Kier alpha value is -4.25. The van der Waals surface area contributed by atoms with Gasteiger partial charge in [0.05, 0.1) is 9.83 Å². The molecule has 0 spiro atoms. The predicted octanol–water partition coefficient (Wildman–Crippen LogP) is 4.98. The summed E-state index contributed by atoms with van der Waals surface area (Å²) in [4.78, 5) is 48.6. The molecule has 11 heteroatoms. The maximum atomic E-state index is 13.0. The van der Waals surface area contributed by atoms with E-state index >= 15 is 0 Å². The number of halogens is 1. The van der Waals surface area contributed by atoms with E-state index in [1.807, 2.05) is 0 Å². The Labute approximate surface area is 196 Å². The van der Waals surface area contributed by atoms with E-state index in [9.17, 15) is 28.9 Å². The third-order valence-corrected chi connectivity index (χ3v) is 5.81. The standard InChI is InChI=1S/C23H16FN3O6S/c1-13-2-7-16(27(31)32)10-18(13)19-9-8-17(33-19)11-20-22(29)26(23(30)34-20)12-21(28)25-15-5-3-14(24)4-6-15/h2-11H,12H2,1H3,(H,25,28)/b20-11-. The molecule has 1 aliphatic rings. The van der Waals surface area contributed by atoms with Gasteiger partial charge in [-0.25, -0.2) is 4.39 Å².